The minimum atomic E-state index is -4.62. The van der Waals surface area contributed by atoms with Crippen LogP contribution in [0.25, 0.3) is 0 Å². The molecule has 0 aliphatic heterocycles. The Hall–Kier alpha value is -1.96. The van der Waals surface area contributed by atoms with Crippen LogP contribution < -0.4 is 0 Å². The van der Waals surface area contributed by atoms with Crippen LogP contribution in [-0.4, -0.2) is 23.5 Å². The molecule has 0 atom stereocenters. The summed E-state index contributed by atoms with van der Waals surface area (Å²) in [5, 5.41) is 3.25. The largest absolute Gasteiger partial charge is 0.406 e. The van der Waals surface area contributed by atoms with Crippen LogP contribution in [0.4, 0.5) is 22.0 Å². The maximum absolute atomic E-state index is 13.6. The molecule has 0 fully saturated rings. The van der Waals surface area contributed by atoms with Crippen molar-refractivity contribution in [3.05, 3.63) is 57.8 Å². The number of halogens is 5. The number of rotatable bonds is 4. The van der Waals surface area contributed by atoms with Crippen LogP contribution in [0.15, 0.2) is 35.0 Å². The second kappa shape index (κ2) is 6.43. The number of hydrogen-bond acceptors (Lipinski definition) is 2. The Morgan fingerprint density at radius 3 is 2.45 bits per heavy atom. The number of carbonyl (C=O) groups excluding carboxylic acids is 1. The summed E-state index contributed by atoms with van der Waals surface area (Å²) in [6.07, 6.45) is -4.62. The van der Waals surface area contributed by atoms with E-state index < -0.39 is 35.8 Å². The molecule has 2 nitrogen and oxygen atoms in total. The highest BCUT2D eigenvalue weighted by Crippen LogP contribution is 2.22. The zero-order valence-corrected chi connectivity index (χ0v) is 11.8. The highest BCUT2D eigenvalue weighted by Gasteiger charge is 2.34. The zero-order valence-electron chi connectivity index (χ0n) is 11.0. The van der Waals surface area contributed by atoms with Crippen LogP contribution >= 0.6 is 11.3 Å². The number of alkyl halides is 3. The second-order valence-electron chi connectivity index (χ2n) is 4.53. The van der Waals surface area contributed by atoms with Gasteiger partial charge in [0.25, 0.3) is 5.91 Å². The predicted octanol–water partition coefficient (Wildman–Crippen LogP) is 4.23. The average molecular weight is 335 g/mol. The van der Waals surface area contributed by atoms with Gasteiger partial charge < -0.3 is 4.90 Å². The van der Waals surface area contributed by atoms with E-state index in [1.54, 1.807) is 16.8 Å². The van der Waals surface area contributed by atoms with E-state index in [0.717, 1.165) is 12.1 Å². The Kier molecular flexibility index (Phi) is 4.80. The highest BCUT2D eigenvalue weighted by atomic mass is 32.1. The minimum absolute atomic E-state index is 0.307. The molecule has 0 unspecified atom stereocenters. The Morgan fingerprint density at radius 1 is 1.18 bits per heavy atom. The predicted molar refractivity (Wildman–Crippen MR) is 71.5 cm³/mol. The lowest BCUT2D eigenvalue weighted by molar-refractivity contribution is -0.141. The fraction of sp³-hybridized carbons (Fsp3) is 0.214. The molecule has 2 rings (SSSR count). The first kappa shape index (κ1) is 16.4. The molecule has 0 N–H and O–H groups in total. The molecule has 0 saturated carbocycles. The van der Waals surface area contributed by atoms with Crippen molar-refractivity contribution in [2.24, 2.45) is 0 Å². The molecule has 0 aliphatic rings. The van der Waals surface area contributed by atoms with Crippen molar-refractivity contribution < 1.29 is 26.7 Å². The molecule has 2 aromatic rings. The first-order valence-electron chi connectivity index (χ1n) is 6.08. The number of benzene rings is 1. The summed E-state index contributed by atoms with van der Waals surface area (Å²) >= 11 is 1.27. The van der Waals surface area contributed by atoms with E-state index in [-0.39, 0.29) is 6.54 Å². The van der Waals surface area contributed by atoms with Gasteiger partial charge in [-0.1, -0.05) is 0 Å². The summed E-state index contributed by atoms with van der Waals surface area (Å²) in [5.41, 5.74) is -0.0917. The van der Waals surface area contributed by atoms with Gasteiger partial charge in [-0.25, -0.2) is 8.78 Å². The fourth-order valence-electron chi connectivity index (χ4n) is 1.85. The van der Waals surface area contributed by atoms with Gasteiger partial charge in [0.2, 0.25) is 0 Å². The number of hydrogen-bond donors (Lipinski definition) is 0. The van der Waals surface area contributed by atoms with Gasteiger partial charge in [0.15, 0.2) is 0 Å². The molecule has 22 heavy (non-hydrogen) atoms. The van der Waals surface area contributed by atoms with Crippen molar-refractivity contribution in [1.82, 2.24) is 4.90 Å². The lowest BCUT2D eigenvalue weighted by Crippen LogP contribution is -2.38. The summed E-state index contributed by atoms with van der Waals surface area (Å²) in [5.74, 6) is -3.24. The standard InChI is InChI=1S/C14H10F5NOS/c15-10-1-2-11(12(16)5-10)13(21)20(8-14(17,18)19)6-9-3-4-22-7-9/h1-5,7H,6,8H2. The maximum Gasteiger partial charge on any atom is 0.406 e. The number of carbonyl (C=O) groups is 1. The van der Waals surface area contributed by atoms with Gasteiger partial charge in [0, 0.05) is 12.6 Å². The normalized spacial score (nSPS) is 11.5. The van der Waals surface area contributed by atoms with Crippen molar-refractivity contribution in [3.63, 3.8) is 0 Å². The van der Waals surface area contributed by atoms with Gasteiger partial charge in [-0.05, 0) is 34.5 Å². The first-order chi connectivity index (χ1) is 10.3. The van der Waals surface area contributed by atoms with Crippen molar-refractivity contribution in [1.29, 1.82) is 0 Å². The molecule has 1 aromatic carbocycles. The number of nitrogens with zero attached hydrogens (tertiary/aromatic N) is 1. The van der Waals surface area contributed by atoms with E-state index in [2.05, 4.69) is 0 Å². The molecule has 0 aliphatic carbocycles. The second-order valence-corrected chi connectivity index (χ2v) is 5.31. The van der Waals surface area contributed by atoms with Crippen LogP contribution in [0, 0.1) is 11.6 Å². The molecule has 0 radical (unpaired) electrons. The lowest BCUT2D eigenvalue weighted by Gasteiger charge is -2.24. The van der Waals surface area contributed by atoms with E-state index >= 15 is 0 Å². The molecule has 1 amide bonds. The van der Waals surface area contributed by atoms with Crippen LogP contribution in [0.1, 0.15) is 15.9 Å². The van der Waals surface area contributed by atoms with Crippen LogP contribution in [0.3, 0.4) is 0 Å². The van der Waals surface area contributed by atoms with E-state index in [4.69, 9.17) is 0 Å². The summed E-state index contributed by atoms with van der Waals surface area (Å²) in [6.45, 7) is -1.82. The first-order valence-corrected chi connectivity index (χ1v) is 7.03. The third kappa shape index (κ3) is 4.27. The van der Waals surface area contributed by atoms with E-state index in [9.17, 15) is 26.7 Å². The zero-order chi connectivity index (χ0) is 16.3. The minimum Gasteiger partial charge on any atom is -0.325 e. The topological polar surface area (TPSA) is 20.3 Å². The maximum atomic E-state index is 13.6. The van der Waals surface area contributed by atoms with Gasteiger partial charge in [-0.3, -0.25) is 4.79 Å². The van der Waals surface area contributed by atoms with Gasteiger partial charge in [0.05, 0.1) is 5.56 Å². The van der Waals surface area contributed by atoms with Crippen LogP contribution in [-0.2, 0) is 6.54 Å². The highest BCUT2D eigenvalue weighted by molar-refractivity contribution is 7.07. The molecule has 118 valence electrons. The summed E-state index contributed by atoms with van der Waals surface area (Å²) in [7, 11) is 0. The van der Waals surface area contributed by atoms with Crippen molar-refractivity contribution in [2.45, 2.75) is 12.7 Å². The van der Waals surface area contributed by atoms with E-state index in [1.807, 2.05) is 0 Å². The van der Waals surface area contributed by atoms with Gasteiger partial charge in [-0.15, -0.1) is 0 Å². The number of amides is 1. The molecule has 1 heterocycles. The Bertz CT molecular complexity index is 654. The number of thiophene rings is 1. The Morgan fingerprint density at radius 2 is 1.91 bits per heavy atom. The SMILES string of the molecule is O=C(c1ccc(F)cc1F)N(Cc1ccsc1)CC(F)(F)F. The summed E-state index contributed by atoms with van der Waals surface area (Å²) in [6, 6.07) is 3.70. The van der Waals surface area contributed by atoms with E-state index in [0.29, 0.717) is 16.5 Å². The summed E-state index contributed by atoms with van der Waals surface area (Å²) in [4.78, 5) is 12.6. The monoisotopic (exact) mass is 335 g/mol. The molecular formula is C14H10F5NOS. The van der Waals surface area contributed by atoms with Crippen LogP contribution in [0.5, 0.6) is 0 Å². The van der Waals surface area contributed by atoms with Crippen LogP contribution in [0.2, 0.25) is 0 Å². The van der Waals surface area contributed by atoms with Gasteiger partial charge >= 0.3 is 6.18 Å². The third-order valence-electron chi connectivity index (χ3n) is 2.77. The van der Waals surface area contributed by atoms with E-state index in [1.165, 1.54) is 11.3 Å². The van der Waals surface area contributed by atoms with Gasteiger partial charge in [-0.2, -0.15) is 24.5 Å². The molecule has 1 aromatic heterocycles. The third-order valence-corrected chi connectivity index (χ3v) is 3.50. The summed E-state index contributed by atoms with van der Waals surface area (Å²) < 4.78 is 64.3. The van der Waals surface area contributed by atoms with Crippen molar-refractivity contribution in [3.8, 4) is 0 Å². The molecule has 0 saturated heterocycles. The quantitative estimate of drug-likeness (QED) is 0.766. The smallest absolute Gasteiger partial charge is 0.325 e. The molecule has 0 bridgehead atoms. The average Bonchev–Trinajstić information content (AvgIpc) is 2.88. The molecule has 8 heteroatoms. The lowest BCUT2D eigenvalue weighted by atomic mass is 10.1. The van der Waals surface area contributed by atoms with Crippen molar-refractivity contribution in [2.75, 3.05) is 6.54 Å². The Labute approximate surface area is 126 Å². The van der Waals surface area contributed by atoms with Crippen molar-refractivity contribution >= 4 is 17.2 Å². The molecular weight excluding hydrogens is 325 g/mol. The Balaban J connectivity index is 2.28. The molecule has 0 spiro atoms. The van der Waals surface area contributed by atoms with Gasteiger partial charge in [0.1, 0.15) is 18.2 Å². The fourth-order valence-corrected chi connectivity index (χ4v) is 2.51.